The maximum absolute atomic E-state index is 12.4. The third-order valence-electron chi connectivity index (χ3n) is 4.76. The molecule has 2 aromatic carbocycles. The van der Waals surface area contributed by atoms with E-state index in [0.29, 0.717) is 32.8 Å². The lowest BCUT2D eigenvalue weighted by Gasteiger charge is -2.36. The summed E-state index contributed by atoms with van der Waals surface area (Å²) in [5, 5.41) is 2.93. The highest BCUT2D eigenvalue weighted by Crippen LogP contribution is 2.28. The van der Waals surface area contributed by atoms with Crippen LogP contribution in [0.3, 0.4) is 0 Å². The number of hydrogen-bond acceptors (Lipinski definition) is 5. The number of anilines is 1. The fraction of sp³-hybridized carbons (Fsp3) is 0.409. The fourth-order valence-corrected chi connectivity index (χ4v) is 3.30. The third kappa shape index (κ3) is 5.70. The summed E-state index contributed by atoms with van der Waals surface area (Å²) in [5.41, 5.74) is 1.07. The van der Waals surface area contributed by atoms with Gasteiger partial charge >= 0.3 is 6.03 Å². The van der Waals surface area contributed by atoms with Crippen LogP contribution >= 0.6 is 0 Å². The van der Waals surface area contributed by atoms with Crippen molar-refractivity contribution in [2.75, 3.05) is 57.9 Å². The molecule has 0 unspecified atom stereocenters. The van der Waals surface area contributed by atoms with Crippen molar-refractivity contribution in [3.8, 4) is 17.2 Å². The van der Waals surface area contributed by atoms with Gasteiger partial charge in [0.15, 0.2) is 0 Å². The van der Waals surface area contributed by atoms with Crippen molar-refractivity contribution in [2.24, 2.45) is 0 Å². The molecular formula is C22H29N3O4. The Balaban J connectivity index is 1.39. The summed E-state index contributed by atoms with van der Waals surface area (Å²) in [5.74, 6) is 2.37. The normalized spacial score (nSPS) is 13.7. The summed E-state index contributed by atoms with van der Waals surface area (Å²) in [6.07, 6.45) is 0. The predicted molar refractivity (Wildman–Crippen MR) is 113 cm³/mol. The van der Waals surface area contributed by atoms with Crippen molar-refractivity contribution in [3.05, 3.63) is 48.5 Å². The van der Waals surface area contributed by atoms with Gasteiger partial charge in [-0.25, -0.2) is 4.79 Å². The number of amides is 2. The maximum atomic E-state index is 12.4. The monoisotopic (exact) mass is 399 g/mol. The van der Waals surface area contributed by atoms with Crippen LogP contribution in [0, 0.1) is 0 Å². The van der Waals surface area contributed by atoms with E-state index in [4.69, 9.17) is 14.2 Å². The summed E-state index contributed by atoms with van der Waals surface area (Å²) in [6.45, 7) is 6.29. The number of ether oxygens (including phenoxy) is 3. The van der Waals surface area contributed by atoms with Crippen LogP contribution in [-0.4, -0.2) is 64.0 Å². The van der Waals surface area contributed by atoms with Crippen LogP contribution in [0.4, 0.5) is 10.5 Å². The zero-order chi connectivity index (χ0) is 20.5. The van der Waals surface area contributed by atoms with Crippen LogP contribution < -0.4 is 24.4 Å². The molecular weight excluding hydrogens is 370 g/mol. The highest BCUT2D eigenvalue weighted by Gasteiger charge is 2.22. The minimum absolute atomic E-state index is 0.0589. The number of carbonyl (C=O) groups is 1. The molecule has 1 aliphatic rings. The smallest absolute Gasteiger partial charge is 0.317 e. The molecule has 7 heteroatoms. The lowest BCUT2D eigenvalue weighted by atomic mass is 10.2. The van der Waals surface area contributed by atoms with E-state index in [-0.39, 0.29) is 6.03 Å². The Labute approximate surface area is 172 Å². The number of para-hydroxylation sites is 2. The van der Waals surface area contributed by atoms with Crippen molar-refractivity contribution in [1.29, 1.82) is 0 Å². The van der Waals surface area contributed by atoms with Crippen LogP contribution in [0.25, 0.3) is 0 Å². The largest absolute Gasteiger partial charge is 0.495 e. The average molecular weight is 399 g/mol. The molecule has 1 aliphatic heterocycles. The van der Waals surface area contributed by atoms with Gasteiger partial charge in [0, 0.05) is 32.2 Å². The molecule has 0 radical (unpaired) electrons. The van der Waals surface area contributed by atoms with Gasteiger partial charge in [-0.2, -0.15) is 0 Å². The highest BCUT2D eigenvalue weighted by atomic mass is 16.5. The Morgan fingerprint density at radius 3 is 2.45 bits per heavy atom. The number of rotatable bonds is 8. The summed E-state index contributed by atoms with van der Waals surface area (Å²) < 4.78 is 16.6. The second kappa shape index (κ2) is 10.5. The molecule has 0 spiro atoms. The lowest BCUT2D eigenvalue weighted by Crippen LogP contribution is -2.52. The van der Waals surface area contributed by atoms with Crippen molar-refractivity contribution in [3.63, 3.8) is 0 Å². The van der Waals surface area contributed by atoms with Crippen LogP contribution in [-0.2, 0) is 0 Å². The van der Waals surface area contributed by atoms with E-state index >= 15 is 0 Å². The van der Waals surface area contributed by atoms with E-state index in [1.165, 1.54) is 0 Å². The molecule has 0 atom stereocenters. The Hall–Kier alpha value is -3.09. The van der Waals surface area contributed by atoms with Crippen molar-refractivity contribution < 1.29 is 19.0 Å². The van der Waals surface area contributed by atoms with Crippen molar-refractivity contribution in [2.45, 2.75) is 6.92 Å². The van der Waals surface area contributed by atoms with Gasteiger partial charge in [-0.05, 0) is 31.2 Å². The molecule has 1 saturated heterocycles. The average Bonchev–Trinajstić information content (AvgIpc) is 2.77. The van der Waals surface area contributed by atoms with Crippen LogP contribution in [0.2, 0.25) is 0 Å². The molecule has 1 N–H and O–H groups in total. The first-order valence-electron chi connectivity index (χ1n) is 9.97. The molecule has 1 heterocycles. The van der Waals surface area contributed by atoms with E-state index in [9.17, 15) is 4.79 Å². The zero-order valence-electron chi connectivity index (χ0n) is 17.1. The first-order valence-corrected chi connectivity index (χ1v) is 9.97. The number of carbonyl (C=O) groups excluding carboxylic acids is 1. The minimum Gasteiger partial charge on any atom is -0.495 e. The number of nitrogens with zero attached hydrogens (tertiary/aromatic N) is 2. The highest BCUT2D eigenvalue weighted by molar-refractivity contribution is 5.74. The summed E-state index contributed by atoms with van der Waals surface area (Å²) >= 11 is 0. The first kappa shape index (κ1) is 20.6. The molecule has 0 aliphatic carbocycles. The number of benzene rings is 2. The summed E-state index contributed by atoms with van der Waals surface area (Å²) in [7, 11) is 1.68. The van der Waals surface area contributed by atoms with E-state index in [2.05, 4.69) is 10.2 Å². The number of hydrogen-bond donors (Lipinski definition) is 1. The van der Waals surface area contributed by atoms with Gasteiger partial charge in [0.25, 0.3) is 0 Å². The van der Waals surface area contributed by atoms with Gasteiger partial charge in [0.1, 0.15) is 23.9 Å². The third-order valence-corrected chi connectivity index (χ3v) is 4.76. The zero-order valence-corrected chi connectivity index (χ0v) is 17.1. The van der Waals surface area contributed by atoms with Gasteiger partial charge in [-0.3, -0.25) is 0 Å². The van der Waals surface area contributed by atoms with Crippen molar-refractivity contribution in [1.82, 2.24) is 10.2 Å². The van der Waals surface area contributed by atoms with Gasteiger partial charge < -0.3 is 29.3 Å². The van der Waals surface area contributed by atoms with Crippen LogP contribution in [0.15, 0.2) is 48.5 Å². The number of methoxy groups -OCH3 is 1. The molecule has 0 bridgehead atoms. The Morgan fingerprint density at radius 1 is 1.00 bits per heavy atom. The summed E-state index contributed by atoms with van der Waals surface area (Å²) in [4.78, 5) is 16.5. The maximum Gasteiger partial charge on any atom is 0.317 e. The second-order valence-electron chi connectivity index (χ2n) is 6.63. The fourth-order valence-electron chi connectivity index (χ4n) is 3.30. The Morgan fingerprint density at radius 2 is 1.72 bits per heavy atom. The number of urea groups is 1. The van der Waals surface area contributed by atoms with Crippen LogP contribution in [0.5, 0.6) is 17.2 Å². The van der Waals surface area contributed by atoms with Crippen molar-refractivity contribution >= 4 is 11.7 Å². The SMILES string of the molecule is CCOc1cccc(OCCNC(=O)N2CCN(c3ccccc3OC)CC2)c1. The lowest BCUT2D eigenvalue weighted by molar-refractivity contribution is 0.191. The quantitative estimate of drug-likeness (QED) is 0.692. The minimum atomic E-state index is -0.0589. The van der Waals surface area contributed by atoms with E-state index in [1.54, 1.807) is 7.11 Å². The molecule has 156 valence electrons. The Kier molecular flexibility index (Phi) is 7.44. The standard InChI is InChI=1S/C22H29N3O4/c1-3-28-18-7-6-8-19(17-18)29-16-11-23-22(26)25-14-12-24(13-15-25)20-9-4-5-10-21(20)27-2/h4-10,17H,3,11-16H2,1-2H3,(H,23,26). The molecule has 2 aromatic rings. The molecule has 2 amide bonds. The van der Waals surface area contributed by atoms with Gasteiger partial charge in [-0.1, -0.05) is 18.2 Å². The first-order chi connectivity index (χ1) is 14.2. The molecule has 7 nitrogen and oxygen atoms in total. The van der Waals surface area contributed by atoms with E-state index < -0.39 is 0 Å². The molecule has 1 fully saturated rings. The van der Waals surface area contributed by atoms with Crippen LogP contribution in [0.1, 0.15) is 6.92 Å². The van der Waals surface area contributed by atoms with E-state index in [0.717, 1.165) is 36.0 Å². The van der Waals surface area contributed by atoms with Gasteiger partial charge in [0.2, 0.25) is 0 Å². The predicted octanol–water partition coefficient (Wildman–Crippen LogP) is 3.00. The molecule has 0 aromatic heterocycles. The number of piperazine rings is 1. The summed E-state index contributed by atoms with van der Waals surface area (Å²) in [6, 6.07) is 15.4. The second-order valence-corrected chi connectivity index (χ2v) is 6.63. The molecule has 0 saturated carbocycles. The Bertz CT molecular complexity index is 791. The van der Waals surface area contributed by atoms with Gasteiger partial charge in [-0.15, -0.1) is 0 Å². The molecule has 29 heavy (non-hydrogen) atoms. The molecule has 3 rings (SSSR count). The van der Waals surface area contributed by atoms with Gasteiger partial charge in [0.05, 0.1) is 25.9 Å². The van der Waals surface area contributed by atoms with E-state index in [1.807, 2.05) is 60.4 Å². The topological polar surface area (TPSA) is 63.3 Å². The number of nitrogens with one attached hydrogen (secondary N) is 1.